The second kappa shape index (κ2) is 18.8. The van der Waals surface area contributed by atoms with Gasteiger partial charge in [-0.05, 0) is 19.3 Å². The summed E-state index contributed by atoms with van der Waals surface area (Å²) in [6.45, 7) is 1.47. The minimum absolute atomic E-state index is 0. The Bertz CT molecular complexity index is 465. The van der Waals surface area contributed by atoms with Crippen LogP contribution in [0.25, 0.3) is 0 Å². The molecule has 0 heterocycles. The molecule has 0 amide bonds. The van der Waals surface area contributed by atoms with E-state index in [-0.39, 0.29) is 24.9 Å². The molecular formula is C20H41F3NO7P. The van der Waals surface area contributed by atoms with E-state index in [1.807, 2.05) is 21.1 Å². The highest BCUT2D eigenvalue weighted by Gasteiger charge is 2.26. The molecule has 0 saturated heterocycles. The van der Waals surface area contributed by atoms with Gasteiger partial charge in [0.2, 0.25) is 0 Å². The van der Waals surface area contributed by atoms with E-state index in [0.717, 1.165) is 44.9 Å². The first-order chi connectivity index (χ1) is 14.4. The van der Waals surface area contributed by atoms with E-state index in [0.29, 0.717) is 24.2 Å². The zero-order chi connectivity index (χ0) is 23.8. The number of hydrogen-bond acceptors (Lipinski definition) is 6. The number of hydrogen-bond donors (Lipinski definition) is 2. The number of alkyl halides is 3. The molecule has 2 atom stereocenters. The fraction of sp³-hybridized carbons (Fsp3) is 0.950. The van der Waals surface area contributed by atoms with E-state index < -0.39 is 33.3 Å². The maximum Gasteiger partial charge on any atom is 0.389 e. The van der Waals surface area contributed by atoms with Gasteiger partial charge in [0.25, 0.3) is 0 Å². The van der Waals surface area contributed by atoms with Crippen LogP contribution in [0.2, 0.25) is 0 Å². The van der Waals surface area contributed by atoms with Gasteiger partial charge < -0.3 is 33.7 Å². The number of rotatable bonds is 20. The minimum Gasteiger partial charge on any atom is -0.870 e. The third-order valence-corrected chi connectivity index (χ3v) is 5.16. The van der Waals surface area contributed by atoms with Gasteiger partial charge in [0, 0.05) is 19.6 Å². The number of aliphatic carboxylic acids is 1. The first kappa shape index (κ1) is 33.6. The zero-order valence-corrected chi connectivity index (χ0v) is 20.4. The molecule has 0 bridgehead atoms. The molecule has 0 rings (SSSR count). The van der Waals surface area contributed by atoms with Crippen molar-refractivity contribution in [3.63, 3.8) is 0 Å². The van der Waals surface area contributed by atoms with Crippen molar-refractivity contribution in [2.24, 2.45) is 0 Å². The quantitative estimate of drug-likeness (QED) is 0.143. The third-order valence-electron chi connectivity index (χ3n) is 4.28. The molecule has 0 aliphatic rings. The lowest BCUT2D eigenvalue weighted by Gasteiger charge is -2.29. The second-order valence-corrected chi connectivity index (χ2v) is 9.62. The molecule has 0 aliphatic heterocycles. The number of unbranched alkanes of at least 4 members (excludes halogenated alkanes) is 6. The smallest absolute Gasteiger partial charge is 0.389 e. The van der Waals surface area contributed by atoms with Gasteiger partial charge in [-0.2, -0.15) is 13.2 Å². The van der Waals surface area contributed by atoms with Crippen molar-refractivity contribution in [1.82, 2.24) is 0 Å². The predicted molar refractivity (Wildman–Crippen MR) is 115 cm³/mol. The van der Waals surface area contributed by atoms with E-state index >= 15 is 0 Å². The van der Waals surface area contributed by atoms with Gasteiger partial charge >= 0.3 is 20.7 Å². The maximum absolute atomic E-state index is 12.0. The minimum atomic E-state index is -4.10. The van der Waals surface area contributed by atoms with Crippen LogP contribution in [0, 0.1) is 0 Å². The van der Waals surface area contributed by atoms with E-state index in [4.69, 9.17) is 18.9 Å². The number of likely N-dealkylation sites (N-methyl/N-ethyl adjacent to an activating group) is 1. The number of ether oxygens (including phenoxy) is 1. The molecule has 0 aliphatic carbocycles. The average Bonchev–Trinajstić information content (AvgIpc) is 2.59. The lowest BCUT2D eigenvalue weighted by molar-refractivity contribution is -0.873. The molecular weight excluding hydrogens is 454 g/mol. The first-order valence-electron chi connectivity index (χ1n) is 10.8. The fourth-order valence-electron chi connectivity index (χ4n) is 2.91. The van der Waals surface area contributed by atoms with Gasteiger partial charge in [-0.3, -0.25) is 4.79 Å². The van der Waals surface area contributed by atoms with Gasteiger partial charge in [-0.1, -0.05) is 32.1 Å². The van der Waals surface area contributed by atoms with Crippen molar-refractivity contribution >= 4 is 14.6 Å². The highest BCUT2D eigenvalue weighted by molar-refractivity contribution is 7.40. The number of quaternary nitrogens is 1. The Labute approximate surface area is 190 Å². The molecule has 12 heteroatoms. The normalized spacial score (nSPS) is 14.1. The monoisotopic (exact) mass is 495 g/mol. The van der Waals surface area contributed by atoms with Gasteiger partial charge in [0.05, 0.1) is 34.2 Å². The number of nitrogens with zero attached hydrogens (tertiary/aromatic N) is 1. The predicted octanol–water partition coefficient (Wildman–Crippen LogP) is 4.70. The van der Waals surface area contributed by atoms with Gasteiger partial charge in [-0.15, -0.1) is 0 Å². The number of carbonyl (C=O) groups is 1. The Morgan fingerprint density at radius 3 is 1.94 bits per heavy atom. The molecule has 194 valence electrons. The number of carboxylic acids is 1. The van der Waals surface area contributed by atoms with Crippen molar-refractivity contribution in [1.29, 1.82) is 0 Å². The van der Waals surface area contributed by atoms with Crippen LogP contribution in [-0.2, 0) is 18.6 Å². The third kappa shape index (κ3) is 25.7. The van der Waals surface area contributed by atoms with E-state index in [1.54, 1.807) is 0 Å². The first-order valence-corrected chi connectivity index (χ1v) is 12.0. The highest BCUT2D eigenvalue weighted by atomic mass is 31.2. The summed E-state index contributed by atoms with van der Waals surface area (Å²) < 4.78 is 52.3. The molecule has 8 nitrogen and oxygen atoms in total. The van der Waals surface area contributed by atoms with Crippen molar-refractivity contribution in [2.45, 2.75) is 76.5 Å². The molecule has 1 unspecified atom stereocenters. The van der Waals surface area contributed by atoms with Crippen molar-refractivity contribution in [3.05, 3.63) is 0 Å². The van der Waals surface area contributed by atoms with Crippen LogP contribution in [-0.4, -0.2) is 85.7 Å². The summed E-state index contributed by atoms with van der Waals surface area (Å²) in [5.41, 5.74) is 0. The molecule has 32 heavy (non-hydrogen) atoms. The summed E-state index contributed by atoms with van der Waals surface area (Å²) in [6, 6.07) is 0. The Morgan fingerprint density at radius 2 is 1.44 bits per heavy atom. The van der Waals surface area contributed by atoms with Crippen LogP contribution in [0.5, 0.6) is 0 Å². The lowest BCUT2D eigenvalue weighted by Crippen LogP contribution is -2.42. The Hall–Kier alpha value is -0.550. The summed E-state index contributed by atoms with van der Waals surface area (Å²) in [7, 11) is 3.66. The van der Waals surface area contributed by atoms with Gasteiger partial charge in [0.15, 0.2) is 0 Å². The Kier molecular flexibility index (Phi) is 19.8. The maximum atomic E-state index is 12.0. The van der Waals surface area contributed by atoms with E-state index in [2.05, 4.69) is 0 Å². The van der Waals surface area contributed by atoms with Crippen LogP contribution in [0.4, 0.5) is 13.2 Å². The van der Waals surface area contributed by atoms with Gasteiger partial charge in [-0.25, -0.2) is 0 Å². The Balaban J connectivity index is 0. The highest BCUT2D eigenvalue weighted by Crippen LogP contribution is 2.36. The lowest BCUT2D eigenvalue weighted by atomic mass is 10.1. The van der Waals surface area contributed by atoms with Crippen LogP contribution < -0.4 is 0 Å². The number of carboxylic acid groups (broad SMARTS) is 1. The average molecular weight is 496 g/mol. The number of halogens is 3. The van der Waals surface area contributed by atoms with Crippen LogP contribution in [0.1, 0.15) is 64.2 Å². The molecule has 0 saturated carbocycles. The van der Waals surface area contributed by atoms with Crippen molar-refractivity contribution in [3.8, 4) is 0 Å². The van der Waals surface area contributed by atoms with Crippen LogP contribution >= 0.6 is 8.60 Å². The van der Waals surface area contributed by atoms with Gasteiger partial charge in [0.1, 0.15) is 12.6 Å². The van der Waals surface area contributed by atoms with Crippen LogP contribution in [0.15, 0.2) is 0 Å². The summed E-state index contributed by atoms with van der Waals surface area (Å²) in [6.07, 6.45) is 1.04. The largest absolute Gasteiger partial charge is 0.870 e. The summed E-state index contributed by atoms with van der Waals surface area (Å²) >= 11 is 0. The zero-order valence-electron chi connectivity index (χ0n) is 19.5. The molecule has 0 aromatic carbocycles. The van der Waals surface area contributed by atoms with Crippen molar-refractivity contribution < 1.29 is 51.7 Å². The molecule has 0 aromatic rings. The fourth-order valence-corrected chi connectivity index (χ4v) is 3.65. The van der Waals surface area contributed by atoms with Crippen LogP contribution in [0.3, 0.4) is 0 Å². The Morgan fingerprint density at radius 1 is 0.938 bits per heavy atom. The summed E-state index contributed by atoms with van der Waals surface area (Å²) in [4.78, 5) is 20.8. The topological polar surface area (TPSA) is 115 Å². The van der Waals surface area contributed by atoms with E-state index in [1.165, 1.54) is 0 Å². The molecule has 0 fully saturated rings. The van der Waals surface area contributed by atoms with Crippen molar-refractivity contribution in [2.75, 3.05) is 47.5 Å². The summed E-state index contributed by atoms with van der Waals surface area (Å²) in [5, 5.41) is 8.97. The standard InChI is InChI=1S/C20H39F3NO6P.H2O/c1-24(2,3)17-18(16-19(25)26)30-31(27)29-15-10-8-6-4-5-7-9-13-28-14-11-12-20(21,22)23;/h18,27H,4-17H2,1-3H3;1H2/t18?,31-;/m0./s1. The second-order valence-electron chi connectivity index (χ2n) is 8.68. The molecule has 0 radical (unpaired) electrons. The SMILES string of the molecule is C[N+](C)(C)CC(CC(=O)O)O[P@@](O)OCCCCCCCCCOCCCC(F)(F)F.[OH-]. The molecule has 0 spiro atoms. The molecule has 3 N–H and O–H groups in total. The van der Waals surface area contributed by atoms with E-state index in [9.17, 15) is 22.9 Å². The molecule has 0 aromatic heterocycles. The summed E-state index contributed by atoms with van der Waals surface area (Å²) in [5.74, 6) is -0.977.